The normalized spacial score (nSPS) is 13.1. The van der Waals surface area contributed by atoms with Crippen molar-refractivity contribution in [2.45, 2.75) is 32.2 Å². The highest BCUT2D eigenvalue weighted by molar-refractivity contribution is 7.17. The zero-order chi connectivity index (χ0) is 22.5. The van der Waals surface area contributed by atoms with Gasteiger partial charge in [0.15, 0.2) is 0 Å². The van der Waals surface area contributed by atoms with Gasteiger partial charge in [-0.05, 0) is 66.6 Å². The van der Waals surface area contributed by atoms with Crippen LogP contribution in [0.3, 0.4) is 0 Å². The SMILES string of the molecule is O=C(/C=C/c1ccc(Cl)cc1Cl)Nc1sc2c(c1C(=O)NCc1cccnc1)CCCC2. The summed E-state index contributed by atoms with van der Waals surface area (Å²) in [7, 11) is 0. The molecule has 5 nitrogen and oxygen atoms in total. The molecule has 4 rings (SSSR count). The van der Waals surface area contributed by atoms with Gasteiger partial charge in [-0.25, -0.2) is 0 Å². The summed E-state index contributed by atoms with van der Waals surface area (Å²) in [6.07, 6.45) is 10.3. The van der Waals surface area contributed by atoms with E-state index in [1.54, 1.807) is 36.7 Å². The first-order valence-corrected chi connectivity index (χ1v) is 11.8. The summed E-state index contributed by atoms with van der Waals surface area (Å²) < 4.78 is 0. The topological polar surface area (TPSA) is 71.1 Å². The molecule has 0 fully saturated rings. The predicted molar refractivity (Wildman–Crippen MR) is 130 cm³/mol. The van der Waals surface area contributed by atoms with Crippen molar-refractivity contribution in [2.24, 2.45) is 0 Å². The largest absolute Gasteiger partial charge is 0.348 e. The molecule has 2 aromatic heterocycles. The lowest BCUT2D eigenvalue weighted by Crippen LogP contribution is -2.25. The number of nitrogens with one attached hydrogen (secondary N) is 2. The summed E-state index contributed by atoms with van der Waals surface area (Å²) in [6, 6.07) is 8.82. The van der Waals surface area contributed by atoms with Crippen molar-refractivity contribution in [3.63, 3.8) is 0 Å². The summed E-state index contributed by atoms with van der Waals surface area (Å²) in [5.41, 5.74) is 3.22. The third kappa shape index (κ3) is 5.38. The van der Waals surface area contributed by atoms with E-state index in [0.717, 1.165) is 36.8 Å². The van der Waals surface area contributed by atoms with Crippen molar-refractivity contribution in [1.82, 2.24) is 10.3 Å². The molecule has 0 unspecified atom stereocenters. The van der Waals surface area contributed by atoms with Gasteiger partial charge in [-0.15, -0.1) is 11.3 Å². The maximum Gasteiger partial charge on any atom is 0.254 e. The van der Waals surface area contributed by atoms with Crippen molar-refractivity contribution >= 4 is 57.4 Å². The Bertz CT molecular complexity index is 1180. The number of aromatic nitrogens is 1. The molecule has 0 spiro atoms. The number of anilines is 1. The number of aryl methyl sites for hydroxylation is 1. The van der Waals surface area contributed by atoms with Crippen LogP contribution in [0, 0.1) is 0 Å². The molecular formula is C24H21Cl2N3O2S. The van der Waals surface area contributed by atoms with Crippen LogP contribution in [0.5, 0.6) is 0 Å². The van der Waals surface area contributed by atoms with Crippen molar-refractivity contribution < 1.29 is 9.59 Å². The van der Waals surface area contributed by atoms with Crippen molar-refractivity contribution in [3.05, 3.63) is 86.0 Å². The molecule has 0 radical (unpaired) electrons. The molecule has 1 aromatic carbocycles. The van der Waals surface area contributed by atoms with Crippen LogP contribution in [-0.4, -0.2) is 16.8 Å². The highest BCUT2D eigenvalue weighted by Crippen LogP contribution is 2.38. The summed E-state index contributed by atoms with van der Waals surface area (Å²) in [4.78, 5) is 31.0. The fourth-order valence-electron chi connectivity index (χ4n) is 3.62. The van der Waals surface area contributed by atoms with Crippen LogP contribution in [0.15, 0.2) is 48.8 Å². The van der Waals surface area contributed by atoms with Crippen molar-refractivity contribution in [2.75, 3.05) is 5.32 Å². The van der Waals surface area contributed by atoms with Gasteiger partial charge in [0.05, 0.1) is 5.56 Å². The van der Waals surface area contributed by atoms with Gasteiger partial charge in [-0.1, -0.05) is 35.3 Å². The van der Waals surface area contributed by atoms with Crippen LogP contribution in [0.2, 0.25) is 10.0 Å². The molecule has 32 heavy (non-hydrogen) atoms. The number of hydrogen-bond donors (Lipinski definition) is 2. The van der Waals surface area contributed by atoms with E-state index in [1.165, 1.54) is 22.3 Å². The van der Waals surface area contributed by atoms with E-state index < -0.39 is 0 Å². The van der Waals surface area contributed by atoms with Gasteiger partial charge in [0.25, 0.3) is 5.91 Å². The average Bonchev–Trinajstić information content (AvgIpc) is 3.15. The minimum absolute atomic E-state index is 0.187. The van der Waals surface area contributed by atoms with Crippen molar-refractivity contribution in [1.29, 1.82) is 0 Å². The lowest BCUT2D eigenvalue weighted by atomic mass is 9.95. The number of benzene rings is 1. The molecular weight excluding hydrogens is 465 g/mol. The van der Waals surface area contributed by atoms with Crippen LogP contribution in [-0.2, 0) is 24.2 Å². The number of nitrogens with zero attached hydrogens (tertiary/aromatic N) is 1. The van der Waals surface area contributed by atoms with Crippen LogP contribution in [0.25, 0.3) is 6.08 Å². The lowest BCUT2D eigenvalue weighted by Gasteiger charge is -2.13. The van der Waals surface area contributed by atoms with E-state index in [1.807, 2.05) is 12.1 Å². The molecule has 2 heterocycles. The number of carbonyl (C=O) groups is 2. The molecule has 1 aliphatic carbocycles. The molecule has 8 heteroatoms. The van der Waals surface area contributed by atoms with Crippen LogP contribution in [0.1, 0.15) is 44.8 Å². The number of carbonyl (C=O) groups excluding carboxylic acids is 2. The minimum atomic E-state index is -0.323. The number of hydrogen-bond acceptors (Lipinski definition) is 4. The van der Waals surface area contributed by atoms with E-state index in [0.29, 0.717) is 32.7 Å². The zero-order valence-electron chi connectivity index (χ0n) is 17.2. The van der Waals surface area contributed by atoms with E-state index >= 15 is 0 Å². The van der Waals surface area contributed by atoms with Crippen LogP contribution in [0.4, 0.5) is 5.00 Å². The minimum Gasteiger partial charge on any atom is -0.348 e. The van der Waals surface area contributed by atoms with Gasteiger partial charge >= 0.3 is 0 Å². The molecule has 1 aliphatic rings. The second-order valence-corrected chi connectivity index (χ2v) is 9.40. The van der Waals surface area contributed by atoms with Gasteiger partial charge in [-0.3, -0.25) is 14.6 Å². The number of rotatable bonds is 6. The molecule has 164 valence electrons. The molecule has 0 atom stereocenters. The quantitative estimate of drug-likeness (QED) is 0.426. The zero-order valence-corrected chi connectivity index (χ0v) is 19.5. The lowest BCUT2D eigenvalue weighted by molar-refractivity contribution is -0.111. The summed E-state index contributed by atoms with van der Waals surface area (Å²) in [5, 5.41) is 7.44. The Morgan fingerprint density at radius 1 is 1.16 bits per heavy atom. The number of fused-ring (bicyclic) bond motifs is 1. The number of thiophene rings is 1. The summed E-state index contributed by atoms with van der Waals surface area (Å²) in [5.74, 6) is -0.510. The van der Waals surface area contributed by atoms with Gasteiger partial charge in [0, 0.05) is 39.9 Å². The molecule has 0 saturated carbocycles. The van der Waals surface area contributed by atoms with Gasteiger partial charge in [-0.2, -0.15) is 0 Å². The van der Waals surface area contributed by atoms with Gasteiger partial charge in [0.1, 0.15) is 5.00 Å². The Morgan fingerprint density at radius 3 is 2.78 bits per heavy atom. The first-order valence-electron chi connectivity index (χ1n) is 10.3. The van der Waals surface area contributed by atoms with Gasteiger partial charge in [0.2, 0.25) is 5.91 Å². The Hall–Kier alpha value is -2.67. The van der Waals surface area contributed by atoms with Crippen LogP contribution >= 0.6 is 34.5 Å². The van der Waals surface area contributed by atoms with Crippen molar-refractivity contribution in [3.8, 4) is 0 Å². The fraction of sp³-hybridized carbons (Fsp3) is 0.208. The van der Waals surface area contributed by atoms with Gasteiger partial charge < -0.3 is 10.6 Å². The molecule has 2 N–H and O–H groups in total. The molecule has 3 aromatic rings. The maximum atomic E-state index is 13.1. The van der Waals surface area contributed by atoms with Crippen LogP contribution < -0.4 is 10.6 Å². The Morgan fingerprint density at radius 2 is 2.00 bits per heavy atom. The van der Waals surface area contributed by atoms with E-state index in [-0.39, 0.29) is 11.8 Å². The Labute approximate surface area is 200 Å². The molecule has 0 saturated heterocycles. The molecule has 0 aliphatic heterocycles. The first-order chi connectivity index (χ1) is 15.5. The van der Waals surface area contributed by atoms with E-state index in [4.69, 9.17) is 23.2 Å². The smallest absolute Gasteiger partial charge is 0.254 e. The van der Waals surface area contributed by atoms with E-state index in [2.05, 4.69) is 15.6 Å². The Kier molecular flexibility index (Phi) is 7.25. The number of amides is 2. The molecule has 0 bridgehead atoms. The standard InChI is InChI=1S/C24H21Cl2N3O2S/c25-17-9-7-16(19(26)12-17)8-10-21(30)29-24-22(18-5-1-2-6-20(18)32-24)23(31)28-14-15-4-3-11-27-13-15/h3-4,7-13H,1-2,5-6,14H2,(H,28,31)(H,29,30)/b10-8+. The fourth-order valence-corrected chi connectivity index (χ4v) is 5.38. The molecule has 2 amide bonds. The Balaban J connectivity index is 1.52. The third-order valence-electron chi connectivity index (χ3n) is 5.19. The second-order valence-electron chi connectivity index (χ2n) is 7.45. The third-order valence-corrected chi connectivity index (χ3v) is 6.96. The highest BCUT2D eigenvalue weighted by Gasteiger charge is 2.26. The maximum absolute atomic E-state index is 13.1. The monoisotopic (exact) mass is 485 g/mol. The predicted octanol–water partition coefficient (Wildman–Crippen LogP) is 5.91. The van der Waals surface area contributed by atoms with E-state index in [9.17, 15) is 9.59 Å². The second kappa shape index (κ2) is 10.3. The highest BCUT2D eigenvalue weighted by atomic mass is 35.5. The summed E-state index contributed by atoms with van der Waals surface area (Å²) in [6.45, 7) is 0.375. The number of pyridine rings is 1. The average molecular weight is 486 g/mol. The first kappa shape index (κ1) is 22.5. The number of halogens is 2. The summed E-state index contributed by atoms with van der Waals surface area (Å²) >= 11 is 13.6.